The lowest BCUT2D eigenvalue weighted by molar-refractivity contribution is -0.139. The molecular formula is C8H14BrNO2. The Morgan fingerprint density at radius 3 is 2.83 bits per heavy atom. The number of carbonyl (C=O) groups is 1. The Morgan fingerprint density at radius 2 is 2.42 bits per heavy atom. The van der Waals surface area contributed by atoms with E-state index in [9.17, 15) is 4.79 Å². The molecule has 70 valence electrons. The minimum absolute atomic E-state index is 0.203. The molecule has 0 fully saturated rings. The molecule has 0 amide bonds. The maximum absolute atomic E-state index is 10.9. The van der Waals surface area contributed by atoms with Gasteiger partial charge in [-0.2, -0.15) is 0 Å². The van der Waals surface area contributed by atoms with Gasteiger partial charge in [0.05, 0.1) is 7.11 Å². The first-order chi connectivity index (χ1) is 5.61. The molecule has 1 N–H and O–H groups in total. The number of rotatable bonds is 5. The Bertz CT molecular complexity index is 161. The van der Waals surface area contributed by atoms with Crippen molar-refractivity contribution in [3.8, 4) is 0 Å². The summed E-state index contributed by atoms with van der Waals surface area (Å²) < 4.78 is 4.53. The lowest BCUT2D eigenvalue weighted by Gasteiger charge is -2.11. The van der Waals surface area contributed by atoms with Gasteiger partial charge >= 0.3 is 5.97 Å². The molecule has 2 unspecified atom stereocenters. The second-order valence-corrected chi connectivity index (χ2v) is 3.53. The Morgan fingerprint density at radius 1 is 1.83 bits per heavy atom. The Labute approximate surface area is 81.3 Å². The van der Waals surface area contributed by atoms with Crippen molar-refractivity contribution < 1.29 is 9.53 Å². The second-order valence-electron chi connectivity index (χ2n) is 2.42. The van der Waals surface area contributed by atoms with Gasteiger partial charge in [-0.1, -0.05) is 22.0 Å². The fourth-order valence-electron chi connectivity index (χ4n) is 0.584. The van der Waals surface area contributed by atoms with E-state index in [4.69, 9.17) is 0 Å². The third kappa shape index (κ3) is 4.51. The highest BCUT2D eigenvalue weighted by atomic mass is 79.9. The van der Waals surface area contributed by atoms with Crippen molar-refractivity contribution in [2.24, 2.45) is 0 Å². The normalized spacial score (nSPS) is 14.9. The van der Waals surface area contributed by atoms with E-state index in [1.807, 2.05) is 6.92 Å². The first kappa shape index (κ1) is 11.6. The number of carbonyl (C=O) groups excluding carboxylic acids is 1. The molecule has 0 saturated heterocycles. The number of hydrogen-bond acceptors (Lipinski definition) is 3. The van der Waals surface area contributed by atoms with Gasteiger partial charge in [0.15, 0.2) is 0 Å². The standard InChI is InChI=1S/C8H14BrNO2/c1-4-6(2)10-5-7(9)8(11)12-3/h4,6-7,10H,1,5H2,2-3H3. The number of methoxy groups -OCH3 is 1. The zero-order valence-corrected chi connectivity index (χ0v) is 8.93. The number of halogens is 1. The monoisotopic (exact) mass is 235 g/mol. The SMILES string of the molecule is C=CC(C)NCC(Br)C(=O)OC. The molecule has 0 aromatic carbocycles. The highest BCUT2D eigenvalue weighted by molar-refractivity contribution is 9.10. The first-order valence-corrected chi connectivity index (χ1v) is 4.61. The van der Waals surface area contributed by atoms with Crippen LogP contribution in [0.5, 0.6) is 0 Å². The average Bonchev–Trinajstić information content (AvgIpc) is 2.11. The molecule has 0 radical (unpaired) electrons. The van der Waals surface area contributed by atoms with Gasteiger partial charge in [-0.25, -0.2) is 0 Å². The van der Waals surface area contributed by atoms with Crippen LogP contribution in [0.25, 0.3) is 0 Å². The predicted molar refractivity (Wildman–Crippen MR) is 52.4 cm³/mol. The number of hydrogen-bond donors (Lipinski definition) is 1. The predicted octanol–water partition coefficient (Wildman–Crippen LogP) is 1.09. The highest BCUT2D eigenvalue weighted by Crippen LogP contribution is 2.00. The maximum atomic E-state index is 10.9. The van der Waals surface area contributed by atoms with Crippen molar-refractivity contribution in [3.05, 3.63) is 12.7 Å². The van der Waals surface area contributed by atoms with E-state index in [0.29, 0.717) is 6.54 Å². The van der Waals surface area contributed by atoms with Crippen molar-refractivity contribution in [2.45, 2.75) is 17.8 Å². The maximum Gasteiger partial charge on any atom is 0.320 e. The zero-order chi connectivity index (χ0) is 9.56. The molecule has 0 rings (SSSR count). The molecule has 0 aliphatic rings. The third-order valence-corrected chi connectivity index (χ3v) is 2.13. The Kier molecular flexibility index (Phi) is 6.02. The Balaban J connectivity index is 3.63. The fraction of sp³-hybridized carbons (Fsp3) is 0.625. The van der Waals surface area contributed by atoms with Gasteiger partial charge < -0.3 is 10.1 Å². The van der Waals surface area contributed by atoms with E-state index in [1.165, 1.54) is 7.11 Å². The molecule has 4 heteroatoms. The minimum Gasteiger partial charge on any atom is -0.468 e. The molecule has 0 aliphatic heterocycles. The van der Waals surface area contributed by atoms with Gasteiger partial charge in [0.1, 0.15) is 4.83 Å². The summed E-state index contributed by atoms with van der Waals surface area (Å²) in [5, 5.41) is 3.08. The highest BCUT2D eigenvalue weighted by Gasteiger charge is 2.14. The summed E-state index contributed by atoms with van der Waals surface area (Å²) in [4.78, 5) is 10.6. The van der Waals surface area contributed by atoms with Crippen LogP contribution >= 0.6 is 15.9 Å². The topological polar surface area (TPSA) is 38.3 Å². The summed E-state index contributed by atoms with van der Waals surface area (Å²) in [6, 6.07) is 0.203. The number of alkyl halides is 1. The van der Waals surface area contributed by atoms with Crippen molar-refractivity contribution >= 4 is 21.9 Å². The van der Waals surface area contributed by atoms with Crippen molar-refractivity contribution in [1.82, 2.24) is 5.32 Å². The van der Waals surface area contributed by atoms with Crippen LogP contribution in [0.3, 0.4) is 0 Å². The molecule has 0 saturated carbocycles. The largest absolute Gasteiger partial charge is 0.468 e. The summed E-state index contributed by atoms with van der Waals surface area (Å²) in [5.74, 6) is -0.265. The molecule has 2 atom stereocenters. The van der Waals surface area contributed by atoms with Crippen molar-refractivity contribution in [2.75, 3.05) is 13.7 Å². The van der Waals surface area contributed by atoms with Gasteiger partial charge in [0.2, 0.25) is 0 Å². The van der Waals surface area contributed by atoms with E-state index in [2.05, 4.69) is 32.6 Å². The van der Waals surface area contributed by atoms with Crippen molar-refractivity contribution in [3.63, 3.8) is 0 Å². The molecule has 3 nitrogen and oxygen atoms in total. The van der Waals surface area contributed by atoms with Crippen LogP contribution in [0.2, 0.25) is 0 Å². The quantitative estimate of drug-likeness (QED) is 0.441. The smallest absolute Gasteiger partial charge is 0.320 e. The Hall–Kier alpha value is -0.350. The van der Waals surface area contributed by atoms with Crippen LogP contribution in [-0.2, 0) is 9.53 Å². The van der Waals surface area contributed by atoms with E-state index in [0.717, 1.165) is 0 Å². The third-order valence-electron chi connectivity index (χ3n) is 1.43. The summed E-state index contributed by atoms with van der Waals surface area (Å²) in [7, 11) is 1.37. The van der Waals surface area contributed by atoms with Crippen LogP contribution in [0, 0.1) is 0 Å². The number of nitrogens with one attached hydrogen (secondary N) is 1. The van der Waals surface area contributed by atoms with Crippen LogP contribution in [0.1, 0.15) is 6.92 Å². The lowest BCUT2D eigenvalue weighted by atomic mass is 10.3. The van der Waals surface area contributed by atoms with Crippen molar-refractivity contribution in [1.29, 1.82) is 0 Å². The molecular weight excluding hydrogens is 222 g/mol. The summed E-state index contributed by atoms with van der Waals surface area (Å²) in [6.07, 6.45) is 1.77. The molecule has 0 bridgehead atoms. The summed E-state index contributed by atoms with van der Waals surface area (Å²) >= 11 is 3.19. The van der Waals surface area contributed by atoms with E-state index in [1.54, 1.807) is 6.08 Å². The molecule has 12 heavy (non-hydrogen) atoms. The lowest BCUT2D eigenvalue weighted by Crippen LogP contribution is -2.34. The summed E-state index contributed by atoms with van der Waals surface area (Å²) in [6.45, 7) is 6.11. The van der Waals surface area contributed by atoms with Gasteiger partial charge in [-0.05, 0) is 6.92 Å². The van der Waals surface area contributed by atoms with E-state index >= 15 is 0 Å². The second kappa shape index (κ2) is 6.20. The van der Waals surface area contributed by atoms with Gasteiger partial charge in [-0.15, -0.1) is 6.58 Å². The van der Waals surface area contributed by atoms with Gasteiger partial charge in [-0.3, -0.25) is 4.79 Å². The van der Waals surface area contributed by atoms with E-state index < -0.39 is 0 Å². The summed E-state index contributed by atoms with van der Waals surface area (Å²) in [5.41, 5.74) is 0. The van der Waals surface area contributed by atoms with Crippen LogP contribution in [0.15, 0.2) is 12.7 Å². The molecule has 0 aromatic heterocycles. The molecule has 0 heterocycles. The van der Waals surface area contributed by atoms with Crippen LogP contribution in [0.4, 0.5) is 0 Å². The number of ether oxygens (including phenoxy) is 1. The minimum atomic E-state index is -0.287. The van der Waals surface area contributed by atoms with Crippen LogP contribution < -0.4 is 5.32 Å². The fourth-order valence-corrected chi connectivity index (χ4v) is 0.958. The zero-order valence-electron chi connectivity index (χ0n) is 7.34. The molecule has 0 spiro atoms. The first-order valence-electron chi connectivity index (χ1n) is 3.69. The van der Waals surface area contributed by atoms with Gasteiger partial charge in [0.25, 0.3) is 0 Å². The van der Waals surface area contributed by atoms with Gasteiger partial charge in [0, 0.05) is 12.6 Å². The van der Waals surface area contributed by atoms with Crippen LogP contribution in [-0.4, -0.2) is 30.5 Å². The molecule has 0 aliphatic carbocycles. The number of esters is 1. The average molecular weight is 236 g/mol. The molecule has 0 aromatic rings. The van der Waals surface area contributed by atoms with E-state index in [-0.39, 0.29) is 16.8 Å².